The summed E-state index contributed by atoms with van der Waals surface area (Å²) in [6.07, 6.45) is 6.83. The molecule has 0 aliphatic carbocycles. The van der Waals surface area contributed by atoms with Crippen LogP contribution in [0.15, 0.2) is 41.6 Å². The van der Waals surface area contributed by atoms with E-state index in [2.05, 4.69) is 14.6 Å². The molecular weight excluding hydrogens is 364 g/mol. The predicted molar refractivity (Wildman–Crippen MR) is 104 cm³/mol. The van der Waals surface area contributed by atoms with Crippen molar-refractivity contribution in [3.05, 3.63) is 42.5 Å². The van der Waals surface area contributed by atoms with Crippen molar-refractivity contribution in [2.24, 2.45) is 13.0 Å². The summed E-state index contributed by atoms with van der Waals surface area (Å²) in [5.74, 6) is 2.05. The second-order valence-corrected chi connectivity index (χ2v) is 8.81. The van der Waals surface area contributed by atoms with Crippen LogP contribution in [0, 0.1) is 5.92 Å². The largest absolute Gasteiger partial charge is 0.497 e. The molecule has 0 spiro atoms. The Hall–Kier alpha value is -1.90. The molecule has 1 fully saturated rings. The summed E-state index contributed by atoms with van der Waals surface area (Å²) in [7, 11) is 0.0763. The van der Waals surface area contributed by atoms with E-state index >= 15 is 0 Å². The van der Waals surface area contributed by atoms with Crippen molar-refractivity contribution >= 4 is 10.0 Å². The molecular formula is C19H28N4O3S. The highest BCUT2D eigenvalue weighted by Gasteiger charge is 2.22. The Morgan fingerprint density at radius 1 is 1.30 bits per heavy atom. The van der Waals surface area contributed by atoms with Gasteiger partial charge in [-0.2, -0.15) is 0 Å². The third kappa shape index (κ3) is 5.31. The van der Waals surface area contributed by atoms with Gasteiger partial charge in [-0.25, -0.2) is 18.1 Å². The summed E-state index contributed by atoms with van der Waals surface area (Å²) in [4.78, 5) is 7.05. The first-order valence-corrected chi connectivity index (χ1v) is 10.8. The van der Waals surface area contributed by atoms with Crippen LogP contribution >= 0.6 is 0 Å². The molecule has 2 aromatic rings. The van der Waals surface area contributed by atoms with Gasteiger partial charge in [-0.15, -0.1) is 0 Å². The summed E-state index contributed by atoms with van der Waals surface area (Å²) in [6, 6.07) is 6.46. The Labute approximate surface area is 161 Å². The van der Waals surface area contributed by atoms with Crippen LogP contribution in [0.4, 0.5) is 0 Å². The minimum atomic E-state index is -3.49. The van der Waals surface area contributed by atoms with Crippen molar-refractivity contribution in [1.29, 1.82) is 0 Å². The number of nitrogens with one attached hydrogen (secondary N) is 1. The van der Waals surface area contributed by atoms with E-state index in [1.807, 2.05) is 24.0 Å². The van der Waals surface area contributed by atoms with Crippen LogP contribution in [0.25, 0.3) is 0 Å². The first-order valence-electron chi connectivity index (χ1n) is 9.30. The third-order valence-electron chi connectivity index (χ3n) is 5.11. The zero-order valence-corrected chi connectivity index (χ0v) is 16.8. The number of likely N-dealkylation sites (tertiary alicyclic amines) is 1. The van der Waals surface area contributed by atoms with Gasteiger partial charge in [-0.3, -0.25) is 0 Å². The molecule has 0 radical (unpaired) electrons. The highest BCUT2D eigenvalue weighted by Crippen LogP contribution is 2.18. The number of aryl methyl sites for hydroxylation is 1. The average molecular weight is 393 g/mol. The fraction of sp³-hybridized carbons (Fsp3) is 0.526. The second-order valence-electron chi connectivity index (χ2n) is 7.04. The van der Waals surface area contributed by atoms with Gasteiger partial charge in [-0.1, -0.05) is 0 Å². The molecule has 0 bridgehead atoms. The van der Waals surface area contributed by atoms with Crippen LogP contribution < -0.4 is 9.46 Å². The molecule has 1 aromatic heterocycles. The lowest BCUT2D eigenvalue weighted by Gasteiger charge is -2.32. The zero-order chi connectivity index (χ0) is 19.3. The normalized spacial score (nSPS) is 18.5. The maximum atomic E-state index is 12.5. The molecule has 27 heavy (non-hydrogen) atoms. The average Bonchev–Trinajstić information content (AvgIpc) is 3.10. The number of methoxy groups -OCH3 is 1. The molecule has 0 amide bonds. The standard InChI is InChI=1S/C19H28N4O3S/c1-22-13-10-20-19(22)9-12-23-11-3-4-16(15-23)14-21-27(24,25)18-7-5-17(26-2)6-8-18/h5-8,10,13,16,21H,3-4,9,11-12,14-15H2,1-2H3/t16-/m1/s1. The monoisotopic (exact) mass is 392 g/mol. The Bertz CT molecular complexity index is 833. The minimum absolute atomic E-state index is 0.269. The summed E-state index contributed by atoms with van der Waals surface area (Å²) in [6.45, 7) is 3.39. The number of ether oxygens (including phenoxy) is 1. The summed E-state index contributed by atoms with van der Waals surface area (Å²) in [5.41, 5.74) is 0. The molecule has 7 nitrogen and oxygen atoms in total. The van der Waals surface area contributed by atoms with E-state index in [4.69, 9.17) is 4.74 Å². The van der Waals surface area contributed by atoms with Crippen LogP contribution in [0.2, 0.25) is 0 Å². The number of nitrogens with zero attached hydrogens (tertiary/aromatic N) is 3. The van der Waals surface area contributed by atoms with E-state index in [-0.39, 0.29) is 4.90 Å². The molecule has 3 rings (SSSR count). The van der Waals surface area contributed by atoms with Crippen molar-refractivity contribution < 1.29 is 13.2 Å². The SMILES string of the molecule is COc1ccc(S(=O)(=O)NC[C@H]2CCCN(CCc3nccn3C)C2)cc1. The van der Waals surface area contributed by atoms with Crippen LogP contribution in [0.5, 0.6) is 5.75 Å². The molecule has 0 unspecified atom stereocenters. The van der Waals surface area contributed by atoms with Gasteiger partial charge >= 0.3 is 0 Å². The summed E-state index contributed by atoms with van der Waals surface area (Å²) in [5, 5.41) is 0. The number of hydrogen-bond acceptors (Lipinski definition) is 5. The highest BCUT2D eigenvalue weighted by molar-refractivity contribution is 7.89. The lowest BCUT2D eigenvalue weighted by molar-refractivity contribution is 0.176. The van der Waals surface area contributed by atoms with Crippen LogP contribution in [0.3, 0.4) is 0 Å². The van der Waals surface area contributed by atoms with Crippen molar-refractivity contribution in [3.8, 4) is 5.75 Å². The van der Waals surface area contributed by atoms with E-state index in [1.165, 1.54) is 0 Å². The molecule has 1 N–H and O–H groups in total. The first kappa shape index (κ1) is 19.9. The van der Waals surface area contributed by atoms with Gasteiger partial charge in [0.25, 0.3) is 0 Å². The van der Waals surface area contributed by atoms with Gasteiger partial charge in [0.05, 0.1) is 12.0 Å². The second kappa shape index (κ2) is 8.86. The number of benzene rings is 1. The Balaban J connectivity index is 1.50. The maximum Gasteiger partial charge on any atom is 0.240 e. The fourth-order valence-electron chi connectivity index (χ4n) is 3.48. The number of hydrogen-bond donors (Lipinski definition) is 1. The number of rotatable bonds is 8. The molecule has 1 aromatic carbocycles. The minimum Gasteiger partial charge on any atom is -0.497 e. The highest BCUT2D eigenvalue weighted by atomic mass is 32.2. The molecule has 0 saturated carbocycles. The Morgan fingerprint density at radius 3 is 2.74 bits per heavy atom. The third-order valence-corrected chi connectivity index (χ3v) is 6.55. The lowest BCUT2D eigenvalue weighted by atomic mass is 9.98. The molecule has 2 heterocycles. The molecule has 1 aliphatic heterocycles. The fourth-order valence-corrected chi connectivity index (χ4v) is 4.60. The number of sulfonamides is 1. The Morgan fingerprint density at radius 2 is 2.07 bits per heavy atom. The summed E-state index contributed by atoms with van der Waals surface area (Å²) >= 11 is 0. The molecule has 8 heteroatoms. The number of piperidine rings is 1. The molecule has 1 aliphatic rings. The lowest BCUT2D eigenvalue weighted by Crippen LogP contribution is -2.41. The van der Waals surface area contributed by atoms with Crippen LogP contribution in [0.1, 0.15) is 18.7 Å². The van der Waals surface area contributed by atoms with E-state index in [1.54, 1.807) is 31.4 Å². The zero-order valence-electron chi connectivity index (χ0n) is 16.0. The van der Waals surface area contributed by atoms with Gasteiger partial charge in [-0.05, 0) is 49.6 Å². The maximum absolute atomic E-state index is 12.5. The van der Waals surface area contributed by atoms with Gasteiger partial charge in [0.1, 0.15) is 11.6 Å². The first-order chi connectivity index (χ1) is 13.0. The molecule has 148 valence electrons. The molecule has 1 atom stereocenters. The van der Waals surface area contributed by atoms with E-state index in [0.29, 0.717) is 18.2 Å². The van der Waals surface area contributed by atoms with Gasteiger partial charge < -0.3 is 14.2 Å². The predicted octanol–water partition coefficient (Wildman–Crippen LogP) is 1.66. The van der Waals surface area contributed by atoms with Gasteiger partial charge in [0.15, 0.2) is 0 Å². The van der Waals surface area contributed by atoms with Crippen LogP contribution in [-0.4, -0.2) is 56.2 Å². The van der Waals surface area contributed by atoms with Crippen molar-refractivity contribution in [3.63, 3.8) is 0 Å². The van der Waals surface area contributed by atoms with E-state index < -0.39 is 10.0 Å². The Kier molecular flexibility index (Phi) is 6.51. The quantitative estimate of drug-likeness (QED) is 0.739. The summed E-state index contributed by atoms with van der Waals surface area (Å²) < 4.78 is 34.9. The van der Waals surface area contributed by atoms with E-state index in [0.717, 1.165) is 44.7 Å². The van der Waals surface area contributed by atoms with Crippen molar-refractivity contribution in [2.45, 2.75) is 24.2 Å². The van der Waals surface area contributed by atoms with E-state index in [9.17, 15) is 8.42 Å². The smallest absolute Gasteiger partial charge is 0.240 e. The topological polar surface area (TPSA) is 76.5 Å². The van der Waals surface area contributed by atoms with Gasteiger partial charge in [0, 0.05) is 45.5 Å². The van der Waals surface area contributed by atoms with Crippen molar-refractivity contribution in [1.82, 2.24) is 19.2 Å². The number of imidazole rings is 1. The van der Waals surface area contributed by atoms with Crippen LogP contribution in [-0.2, 0) is 23.5 Å². The van der Waals surface area contributed by atoms with Gasteiger partial charge in [0.2, 0.25) is 10.0 Å². The molecule has 1 saturated heterocycles. The van der Waals surface area contributed by atoms with Crippen molar-refractivity contribution in [2.75, 3.05) is 33.3 Å². The number of aromatic nitrogens is 2.